The second-order valence-electron chi connectivity index (χ2n) is 6.94. The number of hydrogen-bond acceptors (Lipinski definition) is 4. The molecule has 0 aliphatic heterocycles. The highest BCUT2D eigenvalue weighted by atomic mass is 16.5. The van der Waals surface area contributed by atoms with Gasteiger partial charge in [0, 0.05) is 37.5 Å². The first-order valence-electron chi connectivity index (χ1n) is 9.85. The maximum absolute atomic E-state index is 12.8. The molecule has 0 radical (unpaired) electrons. The van der Waals surface area contributed by atoms with Crippen LogP contribution in [0.5, 0.6) is 5.75 Å². The van der Waals surface area contributed by atoms with Crippen molar-refractivity contribution in [2.45, 2.75) is 26.3 Å². The van der Waals surface area contributed by atoms with Crippen LogP contribution in [-0.2, 0) is 18.4 Å². The second kappa shape index (κ2) is 9.73. The van der Waals surface area contributed by atoms with Crippen LogP contribution in [0.15, 0.2) is 54.7 Å². The summed E-state index contributed by atoms with van der Waals surface area (Å²) in [6, 6.07) is 14.9. The number of methoxy groups -OCH3 is 1. The summed E-state index contributed by atoms with van der Waals surface area (Å²) in [6.07, 6.45) is 3.00. The number of rotatable bonds is 8. The molecule has 0 aliphatic carbocycles. The fourth-order valence-electron chi connectivity index (χ4n) is 3.13. The zero-order valence-electron chi connectivity index (χ0n) is 17.4. The third kappa shape index (κ3) is 5.05. The standard InChI is InChI=1S/C23H26N4O3/c1-4-7-21(28)25-17-12-10-16(11-13-17)14-24-23(29)19-15-27(2)26-22(19)18-8-5-6-9-20(18)30-3/h5-6,8-13,15H,4,7,14H2,1-3H3,(H,24,29)(H,25,28). The number of anilines is 1. The zero-order valence-corrected chi connectivity index (χ0v) is 17.4. The maximum atomic E-state index is 12.8. The summed E-state index contributed by atoms with van der Waals surface area (Å²) in [5, 5.41) is 10.2. The highest BCUT2D eigenvalue weighted by molar-refractivity contribution is 6.00. The molecule has 30 heavy (non-hydrogen) atoms. The lowest BCUT2D eigenvalue weighted by atomic mass is 10.1. The molecule has 3 rings (SSSR count). The van der Waals surface area contributed by atoms with Crippen LogP contribution >= 0.6 is 0 Å². The van der Waals surface area contributed by atoms with Gasteiger partial charge in [0.1, 0.15) is 11.4 Å². The van der Waals surface area contributed by atoms with Crippen LogP contribution in [0.2, 0.25) is 0 Å². The predicted octanol–water partition coefficient (Wildman–Crippen LogP) is 3.76. The van der Waals surface area contributed by atoms with E-state index in [0.29, 0.717) is 30.0 Å². The molecule has 1 heterocycles. The Balaban J connectivity index is 1.69. The Hall–Kier alpha value is -3.61. The first-order valence-corrected chi connectivity index (χ1v) is 9.85. The lowest BCUT2D eigenvalue weighted by molar-refractivity contribution is -0.116. The molecule has 0 atom stereocenters. The predicted molar refractivity (Wildman–Crippen MR) is 116 cm³/mol. The van der Waals surface area contributed by atoms with E-state index in [1.54, 1.807) is 25.0 Å². The SMILES string of the molecule is CCCC(=O)Nc1ccc(CNC(=O)c2cn(C)nc2-c2ccccc2OC)cc1. The van der Waals surface area contributed by atoms with Crippen molar-refractivity contribution in [1.82, 2.24) is 15.1 Å². The normalized spacial score (nSPS) is 10.5. The molecule has 0 saturated heterocycles. The van der Waals surface area contributed by atoms with E-state index in [0.717, 1.165) is 23.2 Å². The van der Waals surface area contributed by atoms with E-state index in [-0.39, 0.29) is 11.8 Å². The van der Waals surface area contributed by atoms with Crippen molar-refractivity contribution in [1.29, 1.82) is 0 Å². The summed E-state index contributed by atoms with van der Waals surface area (Å²) >= 11 is 0. The molecule has 1 aromatic heterocycles. The van der Waals surface area contributed by atoms with E-state index < -0.39 is 0 Å². The molecule has 0 bridgehead atoms. The number of aryl methyl sites for hydroxylation is 1. The highest BCUT2D eigenvalue weighted by Crippen LogP contribution is 2.30. The zero-order chi connectivity index (χ0) is 21.5. The number of benzene rings is 2. The number of carbonyl (C=O) groups excluding carboxylic acids is 2. The van der Waals surface area contributed by atoms with Crippen molar-refractivity contribution in [2.75, 3.05) is 12.4 Å². The van der Waals surface area contributed by atoms with Crippen molar-refractivity contribution >= 4 is 17.5 Å². The van der Waals surface area contributed by atoms with Crippen molar-refractivity contribution in [2.24, 2.45) is 7.05 Å². The lowest BCUT2D eigenvalue weighted by Crippen LogP contribution is -2.23. The van der Waals surface area contributed by atoms with E-state index in [1.165, 1.54) is 0 Å². The molecule has 7 heteroatoms. The third-order valence-electron chi connectivity index (χ3n) is 4.60. The van der Waals surface area contributed by atoms with Gasteiger partial charge in [0.15, 0.2) is 0 Å². The third-order valence-corrected chi connectivity index (χ3v) is 4.60. The van der Waals surface area contributed by atoms with E-state index in [4.69, 9.17) is 4.74 Å². The van der Waals surface area contributed by atoms with Gasteiger partial charge >= 0.3 is 0 Å². The van der Waals surface area contributed by atoms with Gasteiger partial charge in [-0.1, -0.05) is 31.2 Å². The smallest absolute Gasteiger partial charge is 0.255 e. The average Bonchev–Trinajstić information content (AvgIpc) is 3.14. The van der Waals surface area contributed by atoms with E-state index in [9.17, 15) is 9.59 Å². The molecule has 0 spiro atoms. The first-order chi connectivity index (χ1) is 14.5. The largest absolute Gasteiger partial charge is 0.496 e. The van der Waals surface area contributed by atoms with Crippen LogP contribution in [0.3, 0.4) is 0 Å². The number of para-hydroxylation sites is 1. The summed E-state index contributed by atoms with van der Waals surface area (Å²) in [4.78, 5) is 24.5. The van der Waals surface area contributed by atoms with Crippen molar-refractivity contribution in [3.8, 4) is 17.0 Å². The molecule has 3 aromatic rings. The lowest BCUT2D eigenvalue weighted by Gasteiger charge is -2.09. The van der Waals surface area contributed by atoms with Gasteiger partial charge in [-0.25, -0.2) is 0 Å². The Kier molecular flexibility index (Phi) is 6.85. The summed E-state index contributed by atoms with van der Waals surface area (Å²) in [5.74, 6) is 0.439. The Labute approximate surface area is 176 Å². The molecular weight excluding hydrogens is 380 g/mol. The number of carbonyl (C=O) groups is 2. The number of hydrogen-bond donors (Lipinski definition) is 2. The molecule has 2 amide bonds. The molecule has 156 valence electrons. The van der Waals surface area contributed by atoms with Crippen LogP contribution in [0.25, 0.3) is 11.3 Å². The van der Waals surface area contributed by atoms with Crippen LogP contribution in [-0.4, -0.2) is 28.7 Å². The molecule has 2 N–H and O–H groups in total. The van der Waals surface area contributed by atoms with Crippen LogP contribution in [0, 0.1) is 0 Å². The minimum atomic E-state index is -0.218. The number of nitrogens with zero attached hydrogens (tertiary/aromatic N) is 2. The van der Waals surface area contributed by atoms with E-state index in [1.807, 2.05) is 55.5 Å². The van der Waals surface area contributed by atoms with Gasteiger partial charge in [-0.2, -0.15) is 5.10 Å². The minimum Gasteiger partial charge on any atom is -0.496 e. The molecule has 0 unspecified atom stereocenters. The van der Waals surface area contributed by atoms with Crippen molar-refractivity contribution in [3.63, 3.8) is 0 Å². The Bertz CT molecular complexity index is 1030. The van der Waals surface area contributed by atoms with Gasteiger partial charge in [0.2, 0.25) is 5.91 Å². The van der Waals surface area contributed by atoms with Crippen LogP contribution in [0.1, 0.15) is 35.7 Å². The molecule has 7 nitrogen and oxygen atoms in total. The van der Waals surface area contributed by atoms with Crippen molar-refractivity contribution < 1.29 is 14.3 Å². The molecular formula is C23H26N4O3. The molecule has 0 fully saturated rings. The maximum Gasteiger partial charge on any atom is 0.255 e. The van der Waals surface area contributed by atoms with E-state index >= 15 is 0 Å². The summed E-state index contributed by atoms with van der Waals surface area (Å²) in [6.45, 7) is 2.33. The van der Waals surface area contributed by atoms with Crippen LogP contribution < -0.4 is 15.4 Å². The van der Waals surface area contributed by atoms with Gasteiger partial charge in [0.05, 0.1) is 12.7 Å². The fraction of sp³-hybridized carbons (Fsp3) is 0.261. The van der Waals surface area contributed by atoms with Crippen LogP contribution in [0.4, 0.5) is 5.69 Å². The quantitative estimate of drug-likeness (QED) is 0.596. The minimum absolute atomic E-state index is 0.000926. The number of nitrogens with one attached hydrogen (secondary N) is 2. The van der Waals surface area contributed by atoms with Gasteiger partial charge in [-0.15, -0.1) is 0 Å². The molecule has 2 aromatic carbocycles. The summed E-state index contributed by atoms with van der Waals surface area (Å²) < 4.78 is 7.03. The first kappa shape index (κ1) is 21.1. The van der Waals surface area contributed by atoms with Gasteiger partial charge in [-0.3, -0.25) is 14.3 Å². The number of amides is 2. The van der Waals surface area contributed by atoms with Gasteiger partial charge in [0.25, 0.3) is 5.91 Å². The Morgan fingerprint density at radius 2 is 1.83 bits per heavy atom. The topological polar surface area (TPSA) is 85.3 Å². The Morgan fingerprint density at radius 1 is 1.10 bits per heavy atom. The number of ether oxygens (including phenoxy) is 1. The molecule has 0 saturated carbocycles. The Morgan fingerprint density at radius 3 is 2.53 bits per heavy atom. The molecule has 0 aliphatic rings. The highest BCUT2D eigenvalue weighted by Gasteiger charge is 2.19. The van der Waals surface area contributed by atoms with E-state index in [2.05, 4.69) is 15.7 Å². The van der Waals surface area contributed by atoms with Gasteiger partial charge in [-0.05, 0) is 36.2 Å². The summed E-state index contributed by atoms with van der Waals surface area (Å²) in [7, 11) is 3.37. The monoisotopic (exact) mass is 406 g/mol. The number of aromatic nitrogens is 2. The summed E-state index contributed by atoms with van der Waals surface area (Å²) in [5.41, 5.74) is 3.48. The fourth-order valence-corrected chi connectivity index (χ4v) is 3.13. The van der Waals surface area contributed by atoms with Gasteiger partial charge < -0.3 is 15.4 Å². The average molecular weight is 406 g/mol. The second-order valence-corrected chi connectivity index (χ2v) is 6.94. The van der Waals surface area contributed by atoms with Crippen molar-refractivity contribution in [3.05, 3.63) is 65.9 Å².